The molecule has 0 saturated heterocycles. The number of hydrogen-bond acceptors (Lipinski definition) is 4. The molecule has 94 valence electrons. The molecule has 0 unspecified atom stereocenters. The number of anilines is 3. The normalized spacial score (nSPS) is 10.2. The van der Waals surface area contributed by atoms with Gasteiger partial charge < -0.3 is 10.6 Å². The average Bonchev–Trinajstić information content (AvgIpc) is 2.36. The summed E-state index contributed by atoms with van der Waals surface area (Å²) in [5.74, 6) is 1.38. The van der Waals surface area contributed by atoms with Crippen LogP contribution in [0.3, 0.4) is 0 Å². The number of nitrogens with zero attached hydrogens (tertiary/aromatic N) is 2. The van der Waals surface area contributed by atoms with Crippen molar-refractivity contribution in [2.75, 3.05) is 17.2 Å². The monoisotopic (exact) mass is 306 g/mol. The van der Waals surface area contributed by atoms with Gasteiger partial charge in [0.1, 0.15) is 5.82 Å². The number of benzene rings is 1. The van der Waals surface area contributed by atoms with Gasteiger partial charge in [0.05, 0.1) is 4.47 Å². The van der Waals surface area contributed by atoms with Crippen LogP contribution in [-0.4, -0.2) is 16.5 Å². The van der Waals surface area contributed by atoms with E-state index in [4.69, 9.17) is 0 Å². The molecule has 2 N–H and O–H groups in total. The van der Waals surface area contributed by atoms with E-state index in [1.54, 1.807) is 6.20 Å². The van der Waals surface area contributed by atoms with Gasteiger partial charge in [0.15, 0.2) is 0 Å². The molecule has 18 heavy (non-hydrogen) atoms. The zero-order chi connectivity index (χ0) is 13.0. The molecule has 0 saturated carbocycles. The Balaban J connectivity index is 2.28. The quantitative estimate of drug-likeness (QED) is 0.904. The zero-order valence-corrected chi connectivity index (χ0v) is 12.0. The van der Waals surface area contributed by atoms with Crippen molar-refractivity contribution in [1.82, 2.24) is 9.97 Å². The van der Waals surface area contributed by atoms with Crippen LogP contribution in [0, 0.1) is 6.92 Å². The fourth-order valence-corrected chi connectivity index (χ4v) is 1.83. The summed E-state index contributed by atoms with van der Waals surface area (Å²) in [6.07, 6.45) is 1.74. The number of aryl methyl sites for hydroxylation is 1. The Morgan fingerprint density at radius 2 is 2.06 bits per heavy atom. The minimum absolute atomic E-state index is 0.622. The van der Waals surface area contributed by atoms with Gasteiger partial charge in [-0.3, -0.25) is 0 Å². The fraction of sp³-hybridized carbons (Fsp3) is 0.231. The van der Waals surface area contributed by atoms with Crippen LogP contribution >= 0.6 is 15.9 Å². The van der Waals surface area contributed by atoms with Crippen LogP contribution in [0.4, 0.5) is 17.5 Å². The lowest BCUT2D eigenvalue weighted by Gasteiger charge is -2.11. The molecule has 0 fully saturated rings. The Hall–Kier alpha value is -1.62. The number of halogens is 1. The molecule has 2 rings (SSSR count). The van der Waals surface area contributed by atoms with E-state index in [0.29, 0.717) is 5.95 Å². The highest BCUT2D eigenvalue weighted by atomic mass is 79.9. The van der Waals surface area contributed by atoms with Gasteiger partial charge in [-0.25, -0.2) is 4.98 Å². The van der Waals surface area contributed by atoms with E-state index in [2.05, 4.69) is 49.5 Å². The van der Waals surface area contributed by atoms with E-state index in [0.717, 1.165) is 22.5 Å². The molecule has 4 nitrogen and oxygen atoms in total. The molecule has 5 heteroatoms. The van der Waals surface area contributed by atoms with Crippen molar-refractivity contribution < 1.29 is 0 Å². The van der Waals surface area contributed by atoms with Crippen LogP contribution in [0.25, 0.3) is 0 Å². The summed E-state index contributed by atoms with van der Waals surface area (Å²) >= 11 is 3.45. The van der Waals surface area contributed by atoms with Crippen LogP contribution in [0.5, 0.6) is 0 Å². The molecule has 0 atom stereocenters. The van der Waals surface area contributed by atoms with Crippen LogP contribution < -0.4 is 10.6 Å². The fourth-order valence-electron chi connectivity index (χ4n) is 1.54. The Kier molecular flexibility index (Phi) is 4.15. The van der Waals surface area contributed by atoms with Gasteiger partial charge in [-0.05, 0) is 41.4 Å². The molecule has 2 aromatic rings. The van der Waals surface area contributed by atoms with E-state index in [1.165, 1.54) is 5.56 Å². The number of para-hydroxylation sites is 1. The predicted octanol–water partition coefficient (Wildman–Crippen LogP) is 3.72. The molecule has 0 aliphatic rings. The summed E-state index contributed by atoms with van der Waals surface area (Å²) < 4.78 is 0.840. The third-order valence-electron chi connectivity index (χ3n) is 2.48. The first kappa shape index (κ1) is 12.8. The highest BCUT2D eigenvalue weighted by Crippen LogP contribution is 2.25. The van der Waals surface area contributed by atoms with Gasteiger partial charge in [0.25, 0.3) is 0 Å². The maximum absolute atomic E-state index is 4.42. The molecule has 0 bridgehead atoms. The van der Waals surface area contributed by atoms with E-state index < -0.39 is 0 Å². The second-order valence-electron chi connectivity index (χ2n) is 3.86. The van der Waals surface area contributed by atoms with Crippen molar-refractivity contribution >= 4 is 33.4 Å². The number of rotatable bonds is 4. The van der Waals surface area contributed by atoms with Gasteiger partial charge in [-0.1, -0.05) is 18.2 Å². The molecular formula is C13H15BrN4. The van der Waals surface area contributed by atoms with Gasteiger partial charge in [-0.15, -0.1) is 0 Å². The van der Waals surface area contributed by atoms with Crippen LogP contribution in [0.15, 0.2) is 34.9 Å². The van der Waals surface area contributed by atoms with Gasteiger partial charge >= 0.3 is 0 Å². The lowest BCUT2D eigenvalue weighted by atomic mass is 10.2. The molecule has 1 aromatic carbocycles. The smallest absolute Gasteiger partial charge is 0.224 e. The zero-order valence-electron chi connectivity index (χ0n) is 10.4. The second-order valence-corrected chi connectivity index (χ2v) is 4.71. The largest absolute Gasteiger partial charge is 0.354 e. The van der Waals surface area contributed by atoms with E-state index in [9.17, 15) is 0 Å². The second kappa shape index (κ2) is 5.82. The third-order valence-corrected chi connectivity index (χ3v) is 3.06. The SMILES string of the molecule is CCNc1ncc(Br)c(Nc2ccccc2C)n1. The molecule has 0 radical (unpaired) electrons. The first-order chi connectivity index (χ1) is 8.70. The highest BCUT2D eigenvalue weighted by Gasteiger charge is 2.06. The molecule has 0 aliphatic heterocycles. The van der Waals surface area contributed by atoms with E-state index >= 15 is 0 Å². The maximum Gasteiger partial charge on any atom is 0.224 e. The van der Waals surface area contributed by atoms with Crippen molar-refractivity contribution in [2.45, 2.75) is 13.8 Å². The van der Waals surface area contributed by atoms with E-state index in [-0.39, 0.29) is 0 Å². The summed E-state index contributed by atoms with van der Waals surface area (Å²) in [6.45, 7) is 4.87. The van der Waals surface area contributed by atoms with Gasteiger partial charge in [0.2, 0.25) is 5.95 Å². The Morgan fingerprint density at radius 3 is 2.78 bits per heavy atom. The first-order valence-corrected chi connectivity index (χ1v) is 6.59. The molecule has 0 amide bonds. The first-order valence-electron chi connectivity index (χ1n) is 5.79. The minimum atomic E-state index is 0.622. The molecule has 0 aliphatic carbocycles. The van der Waals surface area contributed by atoms with Crippen molar-refractivity contribution in [3.8, 4) is 0 Å². The maximum atomic E-state index is 4.42. The lowest BCUT2D eigenvalue weighted by Crippen LogP contribution is -2.04. The summed E-state index contributed by atoms with van der Waals surface area (Å²) in [5.41, 5.74) is 2.22. The minimum Gasteiger partial charge on any atom is -0.354 e. The van der Waals surface area contributed by atoms with Crippen molar-refractivity contribution in [3.05, 3.63) is 40.5 Å². The number of aromatic nitrogens is 2. The Bertz CT molecular complexity index is 542. The van der Waals surface area contributed by atoms with Crippen LogP contribution in [0.1, 0.15) is 12.5 Å². The predicted molar refractivity (Wildman–Crippen MR) is 78.4 cm³/mol. The lowest BCUT2D eigenvalue weighted by molar-refractivity contribution is 1.08. The number of nitrogens with one attached hydrogen (secondary N) is 2. The summed E-state index contributed by atoms with van der Waals surface area (Å²) in [5, 5.41) is 6.39. The van der Waals surface area contributed by atoms with Gasteiger partial charge in [0, 0.05) is 18.4 Å². The van der Waals surface area contributed by atoms with Crippen LogP contribution in [-0.2, 0) is 0 Å². The summed E-state index contributed by atoms with van der Waals surface area (Å²) in [4.78, 5) is 8.60. The third kappa shape index (κ3) is 2.98. The molecule has 1 aromatic heterocycles. The summed E-state index contributed by atoms with van der Waals surface area (Å²) in [7, 11) is 0. The van der Waals surface area contributed by atoms with E-state index in [1.807, 2.05) is 25.1 Å². The van der Waals surface area contributed by atoms with Crippen molar-refractivity contribution in [2.24, 2.45) is 0 Å². The Labute approximate surface area is 115 Å². The summed E-state index contributed by atoms with van der Waals surface area (Å²) in [6, 6.07) is 8.09. The molecule has 0 spiro atoms. The molecule has 1 heterocycles. The molecular weight excluding hydrogens is 292 g/mol. The standard InChI is InChI=1S/C13H15BrN4/c1-3-15-13-16-8-10(14)12(18-13)17-11-7-5-4-6-9(11)2/h4-8H,3H2,1-2H3,(H2,15,16,17,18). The topological polar surface area (TPSA) is 49.8 Å². The van der Waals surface area contributed by atoms with Crippen molar-refractivity contribution in [3.63, 3.8) is 0 Å². The number of hydrogen-bond donors (Lipinski definition) is 2. The van der Waals surface area contributed by atoms with Crippen LogP contribution in [0.2, 0.25) is 0 Å². The van der Waals surface area contributed by atoms with Gasteiger partial charge in [-0.2, -0.15) is 4.98 Å². The van der Waals surface area contributed by atoms with Crippen molar-refractivity contribution in [1.29, 1.82) is 0 Å². The highest BCUT2D eigenvalue weighted by molar-refractivity contribution is 9.10. The Morgan fingerprint density at radius 1 is 1.28 bits per heavy atom. The average molecular weight is 307 g/mol.